The van der Waals surface area contributed by atoms with Gasteiger partial charge in [-0.3, -0.25) is 4.79 Å². The predicted molar refractivity (Wildman–Crippen MR) is 64.8 cm³/mol. The number of halogens is 1. The van der Waals surface area contributed by atoms with Gasteiger partial charge in [-0.15, -0.1) is 0 Å². The lowest BCUT2D eigenvalue weighted by Gasteiger charge is -2.13. The molecule has 0 unspecified atom stereocenters. The summed E-state index contributed by atoms with van der Waals surface area (Å²) in [7, 11) is 1.57. The topological polar surface area (TPSA) is 26.3 Å². The minimum absolute atomic E-state index is 0.0232. The summed E-state index contributed by atoms with van der Waals surface area (Å²) in [5.74, 6) is 1.03. The first-order valence-corrected chi connectivity index (χ1v) is 5.65. The molecule has 0 spiro atoms. The third kappa shape index (κ3) is 2.59. The number of carbonyl (C=O) groups excluding carboxylic acids is 1. The number of Topliss-reactive ketones (excluding diaryl/α,β-unsaturated/α-hetero) is 1. The van der Waals surface area contributed by atoms with Crippen molar-refractivity contribution < 1.29 is 9.53 Å². The molecular formula is C12H15BrO2. The van der Waals surface area contributed by atoms with Crippen LogP contribution in [0.15, 0.2) is 16.6 Å². The summed E-state index contributed by atoms with van der Waals surface area (Å²) >= 11 is 3.42. The minimum atomic E-state index is 0.0232. The maximum atomic E-state index is 11.5. The second-order valence-corrected chi connectivity index (χ2v) is 4.65. The maximum absolute atomic E-state index is 11.5. The monoisotopic (exact) mass is 270 g/mol. The van der Waals surface area contributed by atoms with E-state index in [4.69, 9.17) is 4.74 Å². The lowest BCUT2D eigenvalue weighted by Crippen LogP contribution is -2.01. The molecule has 1 aromatic rings. The van der Waals surface area contributed by atoms with E-state index in [1.54, 1.807) is 14.0 Å². The second kappa shape index (κ2) is 4.79. The fourth-order valence-corrected chi connectivity index (χ4v) is 2.06. The Balaban J connectivity index is 3.38. The molecule has 15 heavy (non-hydrogen) atoms. The SMILES string of the molecule is COc1c(Br)cc(C(C)C)cc1C(C)=O. The second-order valence-electron chi connectivity index (χ2n) is 3.79. The van der Waals surface area contributed by atoms with Gasteiger partial charge in [-0.25, -0.2) is 0 Å². The van der Waals surface area contributed by atoms with Gasteiger partial charge in [0.1, 0.15) is 5.75 Å². The number of methoxy groups -OCH3 is 1. The van der Waals surface area contributed by atoms with E-state index in [1.165, 1.54) is 0 Å². The highest BCUT2D eigenvalue weighted by molar-refractivity contribution is 9.10. The van der Waals surface area contributed by atoms with Gasteiger partial charge < -0.3 is 4.74 Å². The molecule has 0 heterocycles. The molecule has 0 aromatic heterocycles. The van der Waals surface area contributed by atoms with Gasteiger partial charge in [-0.1, -0.05) is 13.8 Å². The van der Waals surface area contributed by atoms with Crippen LogP contribution in [0.4, 0.5) is 0 Å². The molecule has 3 heteroatoms. The Labute approximate surface area is 98.8 Å². The van der Waals surface area contributed by atoms with Crippen LogP contribution in [0.3, 0.4) is 0 Å². The van der Waals surface area contributed by atoms with Crippen LogP contribution in [0.5, 0.6) is 5.75 Å². The number of ether oxygens (including phenoxy) is 1. The molecule has 2 nitrogen and oxygen atoms in total. The van der Waals surface area contributed by atoms with Crippen LogP contribution < -0.4 is 4.74 Å². The van der Waals surface area contributed by atoms with Gasteiger partial charge in [-0.05, 0) is 46.5 Å². The fraction of sp³-hybridized carbons (Fsp3) is 0.417. The Morgan fingerprint density at radius 2 is 2.00 bits per heavy atom. The first-order valence-electron chi connectivity index (χ1n) is 4.85. The summed E-state index contributed by atoms with van der Waals surface area (Å²) in [5, 5.41) is 0. The van der Waals surface area contributed by atoms with Gasteiger partial charge in [0.2, 0.25) is 0 Å². The molecule has 1 aromatic carbocycles. The summed E-state index contributed by atoms with van der Waals surface area (Å²) in [6.45, 7) is 5.74. The standard InChI is InChI=1S/C12H15BrO2/c1-7(2)9-5-10(8(3)14)12(15-4)11(13)6-9/h5-7H,1-4H3. The van der Waals surface area contributed by atoms with Crippen molar-refractivity contribution in [3.63, 3.8) is 0 Å². The van der Waals surface area contributed by atoms with E-state index in [2.05, 4.69) is 29.8 Å². The molecule has 0 aliphatic heterocycles. The van der Waals surface area contributed by atoms with Crippen molar-refractivity contribution in [2.24, 2.45) is 0 Å². The summed E-state index contributed by atoms with van der Waals surface area (Å²) in [6.07, 6.45) is 0. The molecule has 82 valence electrons. The van der Waals surface area contributed by atoms with Crippen molar-refractivity contribution in [2.75, 3.05) is 7.11 Å². The maximum Gasteiger partial charge on any atom is 0.163 e. The number of rotatable bonds is 3. The van der Waals surface area contributed by atoms with Crippen LogP contribution in [0.25, 0.3) is 0 Å². The first-order chi connectivity index (χ1) is 6.97. The van der Waals surface area contributed by atoms with Gasteiger partial charge >= 0.3 is 0 Å². The molecule has 0 aliphatic carbocycles. The van der Waals surface area contributed by atoms with Crippen molar-refractivity contribution in [3.8, 4) is 5.75 Å². The van der Waals surface area contributed by atoms with Crippen LogP contribution in [0.2, 0.25) is 0 Å². The number of hydrogen-bond donors (Lipinski definition) is 0. The van der Waals surface area contributed by atoms with Crippen LogP contribution in [0.1, 0.15) is 42.6 Å². The zero-order valence-corrected chi connectivity index (χ0v) is 11.0. The van der Waals surface area contributed by atoms with Gasteiger partial charge in [0.05, 0.1) is 17.1 Å². The fourth-order valence-electron chi connectivity index (χ4n) is 1.42. The third-order valence-electron chi connectivity index (χ3n) is 2.32. The molecule has 0 amide bonds. The van der Waals surface area contributed by atoms with E-state index in [0.717, 1.165) is 10.0 Å². The highest BCUT2D eigenvalue weighted by Crippen LogP contribution is 2.33. The van der Waals surface area contributed by atoms with Crippen LogP contribution >= 0.6 is 15.9 Å². The molecule has 0 N–H and O–H groups in total. The minimum Gasteiger partial charge on any atom is -0.495 e. The van der Waals surface area contributed by atoms with Gasteiger partial charge in [-0.2, -0.15) is 0 Å². The van der Waals surface area contributed by atoms with Crippen LogP contribution in [-0.4, -0.2) is 12.9 Å². The molecule has 0 fully saturated rings. The molecule has 0 radical (unpaired) electrons. The normalized spacial score (nSPS) is 10.5. The van der Waals surface area contributed by atoms with Crippen molar-refractivity contribution in [1.29, 1.82) is 0 Å². The Hall–Kier alpha value is -0.830. The molecule has 0 atom stereocenters. The Morgan fingerprint density at radius 1 is 1.40 bits per heavy atom. The van der Waals surface area contributed by atoms with Gasteiger partial charge in [0.25, 0.3) is 0 Å². The van der Waals surface area contributed by atoms with E-state index in [-0.39, 0.29) is 5.78 Å². The van der Waals surface area contributed by atoms with E-state index in [0.29, 0.717) is 17.2 Å². The van der Waals surface area contributed by atoms with E-state index < -0.39 is 0 Å². The van der Waals surface area contributed by atoms with Crippen molar-refractivity contribution >= 4 is 21.7 Å². The quantitative estimate of drug-likeness (QED) is 0.782. The van der Waals surface area contributed by atoms with Crippen molar-refractivity contribution in [3.05, 3.63) is 27.7 Å². The Bertz CT molecular complexity index is 383. The average molecular weight is 271 g/mol. The number of hydrogen-bond acceptors (Lipinski definition) is 2. The summed E-state index contributed by atoms with van der Waals surface area (Å²) < 4.78 is 6.04. The molecule has 0 bridgehead atoms. The lowest BCUT2D eigenvalue weighted by molar-refractivity contribution is 0.101. The Morgan fingerprint density at radius 3 is 2.40 bits per heavy atom. The average Bonchev–Trinajstić information content (AvgIpc) is 2.16. The van der Waals surface area contributed by atoms with Gasteiger partial charge in [0, 0.05) is 0 Å². The predicted octanol–water partition coefficient (Wildman–Crippen LogP) is 3.78. The Kier molecular flexibility index (Phi) is 3.91. The summed E-state index contributed by atoms with van der Waals surface area (Å²) in [6, 6.07) is 3.90. The third-order valence-corrected chi connectivity index (χ3v) is 2.91. The highest BCUT2D eigenvalue weighted by atomic mass is 79.9. The zero-order chi connectivity index (χ0) is 11.6. The highest BCUT2D eigenvalue weighted by Gasteiger charge is 2.14. The number of benzene rings is 1. The lowest BCUT2D eigenvalue weighted by atomic mass is 9.99. The summed E-state index contributed by atoms with van der Waals surface area (Å²) in [4.78, 5) is 11.5. The number of ketones is 1. The van der Waals surface area contributed by atoms with Crippen LogP contribution in [-0.2, 0) is 0 Å². The van der Waals surface area contributed by atoms with Gasteiger partial charge in [0.15, 0.2) is 5.78 Å². The smallest absolute Gasteiger partial charge is 0.163 e. The molecule has 0 saturated carbocycles. The molecule has 0 saturated heterocycles. The molecule has 0 aliphatic rings. The molecule has 1 rings (SSSR count). The zero-order valence-electron chi connectivity index (χ0n) is 9.43. The number of carbonyl (C=O) groups is 1. The van der Waals surface area contributed by atoms with Crippen molar-refractivity contribution in [1.82, 2.24) is 0 Å². The van der Waals surface area contributed by atoms with Crippen molar-refractivity contribution in [2.45, 2.75) is 26.7 Å². The van der Waals surface area contributed by atoms with E-state index >= 15 is 0 Å². The summed E-state index contributed by atoms with van der Waals surface area (Å²) in [5.41, 5.74) is 1.77. The van der Waals surface area contributed by atoms with E-state index in [1.807, 2.05) is 12.1 Å². The van der Waals surface area contributed by atoms with E-state index in [9.17, 15) is 4.79 Å². The first kappa shape index (κ1) is 12.2. The largest absolute Gasteiger partial charge is 0.495 e. The van der Waals surface area contributed by atoms with Crippen LogP contribution in [0, 0.1) is 0 Å². The molecular weight excluding hydrogens is 256 g/mol.